The van der Waals surface area contributed by atoms with Gasteiger partial charge in [-0.1, -0.05) is 11.6 Å². The van der Waals surface area contributed by atoms with Gasteiger partial charge in [0.1, 0.15) is 4.21 Å². The number of hydrogen-bond acceptors (Lipinski definition) is 5. The van der Waals surface area contributed by atoms with Crippen molar-refractivity contribution in [2.75, 3.05) is 20.2 Å². The third-order valence-electron chi connectivity index (χ3n) is 2.15. The van der Waals surface area contributed by atoms with Gasteiger partial charge in [-0.25, -0.2) is 8.42 Å². The van der Waals surface area contributed by atoms with Crippen LogP contribution in [0.25, 0.3) is 0 Å². The van der Waals surface area contributed by atoms with Crippen LogP contribution in [0.3, 0.4) is 0 Å². The Kier molecular flexibility index (Phi) is 5.58. The summed E-state index contributed by atoms with van der Waals surface area (Å²) in [5.74, 6) is -0.413. The average molecular weight is 312 g/mol. The quantitative estimate of drug-likeness (QED) is 0.754. The van der Waals surface area contributed by atoms with Gasteiger partial charge < -0.3 is 4.74 Å². The highest BCUT2D eigenvalue weighted by molar-refractivity contribution is 7.91. The highest BCUT2D eigenvalue weighted by Crippen LogP contribution is 2.27. The van der Waals surface area contributed by atoms with Crippen molar-refractivity contribution in [3.8, 4) is 0 Å². The molecule has 0 fully saturated rings. The Labute approximate surface area is 115 Å². The molecular formula is C10H14ClNO4S2. The molecule has 0 radical (unpaired) electrons. The zero-order valence-corrected chi connectivity index (χ0v) is 12.4. The van der Waals surface area contributed by atoms with Crippen LogP contribution in [0.4, 0.5) is 0 Å². The van der Waals surface area contributed by atoms with Crippen molar-refractivity contribution < 1.29 is 17.9 Å². The molecule has 0 unspecified atom stereocenters. The summed E-state index contributed by atoms with van der Waals surface area (Å²) in [5, 5.41) is 0. The van der Waals surface area contributed by atoms with E-state index in [1.807, 2.05) is 0 Å². The van der Waals surface area contributed by atoms with E-state index in [1.54, 1.807) is 6.92 Å². The second kappa shape index (κ2) is 6.51. The van der Waals surface area contributed by atoms with Crippen LogP contribution in [0.5, 0.6) is 0 Å². The van der Waals surface area contributed by atoms with Gasteiger partial charge in [0.25, 0.3) is 10.0 Å². The highest BCUT2D eigenvalue weighted by atomic mass is 35.5. The normalized spacial score (nSPS) is 11.8. The molecule has 0 aliphatic carbocycles. The SMILES string of the molecule is CCOC(=O)CCN(C)S(=O)(=O)c1ccc(Cl)s1. The van der Waals surface area contributed by atoms with E-state index >= 15 is 0 Å². The number of thiophene rings is 1. The van der Waals surface area contributed by atoms with Crippen molar-refractivity contribution in [1.29, 1.82) is 0 Å². The van der Waals surface area contributed by atoms with Crippen LogP contribution >= 0.6 is 22.9 Å². The number of carbonyl (C=O) groups excluding carboxylic acids is 1. The van der Waals surface area contributed by atoms with Crippen molar-refractivity contribution >= 4 is 38.9 Å². The second-order valence-electron chi connectivity index (χ2n) is 3.44. The summed E-state index contributed by atoms with van der Waals surface area (Å²) in [6.45, 7) is 2.07. The zero-order valence-electron chi connectivity index (χ0n) is 10.1. The summed E-state index contributed by atoms with van der Waals surface area (Å²) in [6.07, 6.45) is 0.0304. The van der Waals surface area contributed by atoms with Crippen LogP contribution in [0.1, 0.15) is 13.3 Å². The minimum absolute atomic E-state index is 0.0304. The lowest BCUT2D eigenvalue weighted by Gasteiger charge is -2.15. The molecule has 0 aliphatic rings. The van der Waals surface area contributed by atoms with Crippen molar-refractivity contribution in [2.45, 2.75) is 17.6 Å². The molecule has 5 nitrogen and oxygen atoms in total. The summed E-state index contributed by atoms with van der Waals surface area (Å²) < 4.78 is 30.5. The fourth-order valence-corrected chi connectivity index (χ4v) is 4.06. The van der Waals surface area contributed by atoms with E-state index in [0.29, 0.717) is 4.34 Å². The maximum atomic E-state index is 12.0. The van der Waals surface area contributed by atoms with Crippen molar-refractivity contribution in [1.82, 2.24) is 4.31 Å². The maximum Gasteiger partial charge on any atom is 0.307 e. The first-order valence-electron chi connectivity index (χ1n) is 5.25. The van der Waals surface area contributed by atoms with Crippen LogP contribution < -0.4 is 0 Å². The lowest BCUT2D eigenvalue weighted by Crippen LogP contribution is -2.29. The summed E-state index contributed by atoms with van der Waals surface area (Å²) in [7, 11) is -2.15. The molecule has 0 spiro atoms. The van der Waals surface area contributed by atoms with E-state index in [-0.39, 0.29) is 23.8 Å². The van der Waals surface area contributed by atoms with Gasteiger partial charge in [0.15, 0.2) is 0 Å². The van der Waals surface area contributed by atoms with Gasteiger partial charge in [-0.3, -0.25) is 4.79 Å². The second-order valence-corrected chi connectivity index (χ2v) is 7.43. The third kappa shape index (κ3) is 3.94. The molecule has 1 rings (SSSR count). The topological polar surface area (TPSA) is 63.7 Å². The molecular weight excluding hydrogens is 298 g/mol. The molecule has 1 aromatic heterocycles. The van der Waals surface area contributed by atoms with Crippen LogP contribution in [0, 0.1) is 0 Å². The molecule has 8 heteroatoms. The molecule has 0 aliphatic heterocycles. The molecule has 0 amide bonds. The molecule has 102 valence electrons. The van der Waals surface area contributed by atoms with E-state index < -0.39 is 16.0 Å². The predicted molar refractivity (Wildman–Crippen MR) is 70.4 cm³/mol. The smallest absolute Gasteiger partial charge is 0.307 e. The Balaban J connectivity index is 2.66. The fraction of sp³-hybridized carbons (Fsp3) is 0.500. The first-order valence-corrected chi connectivity index (χ1v) is 7.88. The number of sulfonamides is 1. The van der Waals surface area contributed by atoms with E-state index in [9.17, 15) is 13.2 Å². The van der Waals surface area contributed by atoms with E-state index in [1.165, 1.54) is 19.2 Å². The van der Waals surface area contributed by atoms with Crippen LogP contribution in [0.15, 0.2) is 16.3 Å². The van der Waals surface area contributed by atoms with Crippen molar-refractivity contribution in [3.05, 3.63) is 16.5 Å². The molecule has 1 aromatic rings. The Bertz CT molecular complexity index is 512. The van der Waals surface area contributed by atoms with Gasteiger partial charge in [0.05, 0.1) is 17.4 Å². The van der Waals surface area contributed by atoms with Gasteiger partial charge in [-0.05, 0) is 19.1 Å². The van der Waals surface area contributed by atoms with Crippen LogP contribution in [0.2, 0.25) is 4.34 Å². The number of esters is 1. The molecule has 0 saturated heterocycles. The number of ether oxygens (including phenoxy) is 1. The van der Waals surface area contributed by atoms with Gasteiger partial charge in [-0.2, -0.15) is 4.31 Å². The average Bonchev–Trinajstić information content (AvgIpc) is 2.73. The van der Waals surface area contributed by atoms with Crippen molar-refractivity contribution in [2.24, 2.45) is 0 Å². The first kappa shape index (κ1) is 15.4. The van der Waals surface area contributed by atoms with Crippen molar-refractivity contribution in [3.63, 3.8) is 0 Å². The lowest BCUT2D eigenvalue weighted by atomic mass is 10.4. The third-order valence-corrected chi connectivity index (χ3v) is 5.70. The Morgan fingerprint density at radius 2 is 2.17 bits per heavy atom. The minimum Gasteiger partial charge on any atom is -0.466 e. The number of rotatable bonds is 6. The largest absolute Gasteiger partial charge is 0.466 e. The minimum atomic E-state index is -3.57. The summed E-state index contributed by atoms with van der Waals surface area (Å²) in [5.41, 5.74) is 0. The molecule has 18 heavy (non-hydrogen) atoms. The number of halogens is 1. The van der Waals surface area contributed by atoms with Crippen LogP contribution in [-0.2, 0) is 19.6 Å². The van der Waals surface area contributed by atoms with Gasteiger partial charge in [-0.15, -0.1) is 11.3 Å². The Morgan fingerprint density at radius 1 is 1.50 bits per heavy atom. The molecule has 0 saturated carbocycles. The van der Waals surface area contributed by atoms with Gasteiger partial charge in [0.2, 0.25) is 0 Å². The molecule has 1 heterocycles. The number of carbonyl (C=O) groups is 1. The molecule has 0 atom stereocenters. The van der Waals surface area contributed by atoms with Crippen LogP contribution in [-0.4, -0.2) is 38.9 Å². The van der Waals surface area contributed by atoms with E-state index in [2.05, 4.69) is 0 Å². The molecule has 0 bridgehead atoms. The van der Waals surface area contributed by atoms with E-state index in [0.717, 1.165) is 15.6 Å². The number of nitrogens with zero attached hydrogens (tertiary/aromatic N) is 1. The number of hydrogen-bond donors (Lipinski definition) is 0. The Hall–Kier alpha value is -0.630. The fourth-order valence-electron chi connectivity index (χ4n) is 1.19. The standard InChI is InChI=1S/C10H14ClNO4S2/c1-3-16-9(13)6-7-12(2)18(14,15)10-5-4-8(11)17-10/h4-5H,3,6-7H2,1-2H3. The maximum absolute atomic E-state index is 12.0. The lowest BCUT2D eigenvalue weighted by molar-refractivity contribution is -0.143. The van der Waals surface area contributed by atoms with E-state index in [4.69, 9.17) is 16.3 Å². The molecule has 0 aromatic carbocycles. The van der Waals surface area contributed by atoms with Gasteiger partial charge >= 0.3 is 5.97 Å². The van der Waals surface area contributed by atoms with Gasteiger partial charge in [0, 0.05) is 13.6 Å². The molecule has 0 N–H and O–H groups in total. The first-order chi connectivity index (χ1) is 8.37. The predicted octanol–water partition coefficient (Wildman–Crippen LogP) is 1.98. The summed E-state index contributed by atoms with van der Waals surface area (Å²) in [6, 6.07) is 2.97. The summed E-state index contributed by atoms with van der Waals surface area (Å²) >= 11 is 6.69. The highest BCUT2D eigenvalue weighted by Gasteiger charge is 2.23. The zero-order chi connectivity index (χ0) is 13.8. The monoisotopic (exact) mass is 311 g/mol. The Morgan fingerprint density at radius 3 is 2.67 bits per heavy atom. The summed E-state index contributed by atoms with van der Waals surface area (Å²) in [4.78, 5) is 11.2.